The lowest BCUT2D eigenvalue weighted by Gasteiger charge is -2.32. The van der Waals surface area contributed by atoms with E-state index in [9.17, 15) is 9.59 Å². The summed E-state index contributed by atoms with van der Waals surface area (Å²) in [6.45, 7) is -0.156. The van der Waals surface area contributed by atoms with Crippen LogP contribution in [0.1, 0.15) is 37.3 Å². The number of amides is 2. The van der Waals surface area contributed by atoms with Gasteiger partial charge in [-0.3, -0.25) is 14.5 Å². The lowest BCUT2D eigenvalue weighted by molar-refractivity contribution is -0.127. The molecule has 2 amide bonds. The number of halogens is 1. The first-order chi connectivity index (χ1) is 17.1. The average molecular weight is 472 g/mol. The van der Waals surface area contributed by atoms with E-state index < -0.39 is 23.7 Å². The number of carbonyl (C=O) groups is 2. The fraction of sp³-hybridized carbons (Fsp3) is 0.259. The number of nitrogens with one attached hydrogen (secondary N) is 1. The number of fused-ring (bicyclic) bond motifs is 1. The summed E-state index contributed by atoms with van der Waals surface area (Å²) in [4.78, 5) is 28.9. The molecule has 1 aliphatic carbocycles. The molecule has 0 saturated heterocycles. The monoisotopic (exact) mass is 471 g/mol. The molecule has 1 fully saturated rings. The van der Waals surface area contributed by atoms with Crippen LogP contribution < -0.4 is 10.2 Å². The van der Waals surface area contributed by atoms with Crippen LogP contribution in [0.2, 0.25) is 0 Å². The van der Waals surface area contributed by atoms with Gasteiger partial charge in [0, 0.05) is 17.3 Å². The highest BCUT2D eigenvalue weighted by Crippen LogP contribution is 2.31. The summed E-state index contributed by atoms with van der Waals surface area (Å²) < 4.78 is 16.6. The number of hydrogen-bond acceptors (Lipinski definition) is 4. The molecule has 1 saturated carbocycles. The van der Waals surface area contributed by atoms with Crippen molar-refractivity contribution in [2.75, 3.05) is 4.90 Å². The first-order valence-corrected chi connectivity index (χ1v) is 11.8. The number of benzene rings is 3. The van der Waals surface area contributed by atoms with Crippen molar-refractivity contribution in [3.63, 3.8) is 0 Å². The summed E-state index contributed by atoms with van der Waals surface area (Å²) in [6.07, 6.45) is 3.83. The molecule has 0 spiro atoms. The van der Waals surface area contributed by atoms with Gasteiger partial charge in [0.25, 0.3) is 0 Å². The van der Waals surface area contributed by atoms with Crippen molar-refractivity contribution >= 4 is 28.5 Å². The lowest BCUT2D eigenvalue weighted by atomic mass is 10.0. The number of anilines is 1. The molecular weight excluding hydrogens is 445 g/mol. The van der Waals surface area contributed by atoms with Crippen molar-refractivity contribution in [3.05, 3.63) is 90.2 Å². The van der Waals surface area contributed by atoms with E-state index >= 15 is 4.39 Å². The molecule has 1 N–H and O–H groups in total. The van der Waals surface area contributed by atoms with Crippen molar-refractivity contribution in [2.24, 2.45) is 0 Å². The Morgan fingerprint density at radius 3 is 2.43 bits per heavy atom. The Morgan fingerprint density at radius 2 is 1.66 bits per heavy atom. The van der Waals surface area contributed by atoms with Crippen LogP contribution >= 0.6 is 0 Å². The molecule has 35 heavy (non-hydrogen) atoms. The second kappa shape index (κ2) is 10.0. The van der Waals surface area contributed by atoms with E-state index in [0.29, 0.717) is 16.7 Å². The van der Waals surface area contributed by atoms with E-state index in [4.69, 9.17) is 0 Å². The number of carbonyl (C=O) groups excluding carboxylic acids is 2. The zero-order valence-electron chi connectivity index (χ0n) is 19.2. The number of nitrogens with zero attached hydrogens (tertiary/aromatic N) is 4. The van der Waals surface area contributed by atoms with Gasteiger partial charge in [0.1, 0.15) is 23.9 Å². The Balaban J connectivity index is 1.56. The maximum Gasteiger partial charge on any atom is 0.249 e. The fourth-order valence-corrected chi connectivity index (χ4v) is 4.71. The van der Waals surface area contributed by atoms with Crippen molar-refractivity contribution in [2.45, 2.75) is 44.3 Å². The molecule has 4 aromatic rings. The Kier molecular flexibility index (Phi) is 6.52. The van der Waals surface area contributed by atoms with Gasteiger partial charge in [-0.1, -0.05) is 66.6 Å². The Bertz CT molecular complexity index is 1330. The lowest BCUT2D eigenvalue weighted by Crippen LogP contribution is -2.47. The van der Waals surface area contributed by atoms with Crippen LogP contribution in [-0.4, -0.2) is 32.9 Å². The van der Waals surface area contributed by atoms with Crippen LogP contribution in [0.15, 0.2) is 78.9 Å². The zero-order chi connectivity index (χ0) is 24.2. The summed E-state index contributed by atoms with van der Waals surface area (Å²) in [5.41, 5.74) is 2.00. The molecule has 7 nitrogen and oxygen atoms in total. The highest BCUT2D eigenvalue weighted by molar-refractivity contribution is 6.01. The van der Waals surface area contributed by atoms with Gasteiger partial charge in [-0.25, -0.2) is 9.07 Å². The number of para-hydroxylation sites is 2. The number of hydrogen-bond donors (Lipinski definition) is 1. The minimum Gasteiger partial charge on any atom is -0.351 e. The molecule has 1 heterocycles. The summed E-state index contributed by atoms with van der Waals surface area (Å²) >= 11 is 0. The Hall–Kier alpha value is -4.07. The van der Waals surface area contributed by atoms with Gasteiger partial charge in [0.2, 0.25) is 11.8 Å². The molecule has 0 bridgehead atoms. The maximum atomic E-state index is 15.1. The minimum atomic E-state index is -1.18. The molecule has 0 radical (unpaired) electrons. The summed E-state index contributed by atoms with van der Waals surface area (Å²) in [5.74, 6) is -1.34. The molecule has 8 heteroatoms. The normalized spacial score (nSPS) is 14.7. The van der Waals surface area contributed by atoms with Crippen LogP contribution in [0.3, 0.4) is 0 Å². The van der Waals surface area contributed by atoms with Crippen LogP contribution in [0, 0.1) is 5.82 Å². The molecule has 3 aromatic carbocycles. The van der Waals surface area contributed by atoms with E-state index in [2.05, 4.69) is 15.6 Å². The third kappa shape index (κ3) is 4.77. The van der Waals surface area contributed by atoms with Gasteiger partial charge >= 0.3 is 0 Å². The highest BCUT2D eigenvalue weighted by Gasteiger charge is 2.36. The Morgan fingerprint density at radius 1 is 0.971 bits per heavy atom. The SMILES string of the molecule is O=C(NC1CCCC1)C(c1ccccc1F)N(C(=O)Cn1nnc2ccccc21)c1ccccc1. The van der Waals surface area contributed by atoms with Gasteiger partial charge in [-0.2, -0.15) is 0 Å². The van der Waals surface area contributed by atoms with Crippen molar-refractivity contribution in [1.82, 2.24) is 20.3 Å². The molecule has 1 aromatic heterocycles. The van der Waals surface area contributed by atoms with E-state index in [-0.39, 0.29) is 18.2 Å². The summed E-state index contributed by atoms with van der Waals surface area (Å²) in [5, 5.41) is 11.3. The van der Waals surface area contributed by atoms with Gasteiger partial charge in [-0.05, 0) is 43.2 Å². The third-order valence-corrected chi connectivity index (χ3v) is 6.42. The minimum absolute atomic E-state index is 0.0174. The molecule has 0 aliphatic heterocycles. The average Bonchev–Trinajstić information content (AvgIpc) is 3.54. The molecule has 5 rings (SSSR count). The molecule has 1 atom stereocenters. The largest absolute Gasteiger partial charge is 0.351 e. The van der Waals surface area contributed by atoms with Gasteiger partial charge in [0.15, 0.2) is 0 Å². The predicted octanol–water partition coefficient (Wildman–Crippen LogP) is 4.40. The molecule has 1 aliphatic rings. The fourth-order valence-electron chi connectivity index (χ4n) is 4.71. The van der Waals surface area contributed by atoms with Gasteiger partial charge < -0.3 is 5.32 Å². The van der Waals surface area contributed by atoms with Crippen LogP contribution in [0.25, 0.3) is 11.0 Å². The Labute approximate surface area is 202 Å². The van der Waals surface area contributed by atoms with Crippen molar-refractivity contribution in [3.8, 4) is 0 Å². The third-order valence-electron chi connectivity index (χ3n) is 6.42. The number of rotatable bonds is 7. The van der Waals surface area contributed by atoms with E-state index in [1.54, 1.807) is 42.5 Å². The first kappa shape index (κ1) is 22.7. The second-order valence-corrected chi connectivity index (χ2v) is 8.75. The van der Waals surface area contributed by atoms with Gasteiger partial charge in [-0.15, -0.1) is 5.10 Å². The van der Waals surface area contributed by atoms with E-state index in [0.717, 1.165) is 25.7 Å². The maximum absolute atomic E-state index is 15.1. The van der Waals surface area contributed by atoms with Crippen LogP contribution in [0.4, 0.5) is 10.1 Å². The van der Waals surface area contributed by atoms with E-state index in [1.807, 2.05) is 30.3 Å². The molecule has 1 unspecified atom stereocenters. The zero-order valence-corrected chi connectivity index (χ0v) is 19.2. The molecule has 178 valence electrons. The second-order valence-electron chi connectivity index (χ2n) is 8.75. The highest BCUT2D eigenvalue weighted by atomic mass is 19.1. The first-order valence-electron chi connectivity index (χ1n) is 11.8. The number of aromatic nitrogens is 3. The summed E-state index contributed by atoms with van der Waals surface area (Å²) in [6, 6.07) is 21.2. The standard InChI is InChI=1S/C27H26FN5O2/c28-22-15-7-6-14-21(22)26(27(35)29-19-10-4-5-11-19)33(20-12-2-1-3-13-20)25(34)18-32-24-17-9-8-16-23(24)30-31-32/h1-3,6-9,12-17,19,26H,4-5,10-11,18H2,(H,29,35). The smallest absolute Gasteiger partial charge is 0.249 e. The van der Waals surface area contributed by atoms with Crippen LogP contribution in [0.5, 0.6) is 0 Å². The van der Waals surface area contributed by atoms with E-state index in [1.165, 1.54) is 15.6 Å². The van der Waals surface area contributed by atoms with Crippen LogP contribution in [-0.2, 0) is 16.1 Å². The molecular formula is C27H26FN5O2. The van der Waals surface area contributed by atoms with Crippen molar-refractivity contribution < 1.29 is 14.0 Å². The topological polar surface area (TPSA) is 80.1 Å². The predicted molar refractivity (Wildman–Crippen MR) is 131 cm³/mol. The van der Waals surface area contributed by atoms with Crippen molar-refractivity contribution in [1.29, 1.82) is 0 Å². The quantitative estimate of drug-likeness (QED) is 0.433. The summed E-state index contributed by atoms with van der Waals surface area (Å²) in [7, 11) is 0. The van der Waals surface area contributed by atoms with Gasteiger partial charge in [0.05, 0.1) is 5.52 Å².